The second-order valence-corrected chi connectivity index (χ2v) is 6.96. The Morgan fingerprint density at radius 3 is 2.37 bits per heavy atom. The van der Waals surface area contributed by atoms with Crippen LogP contribution in [-0.2, 0) is 19.3 Å². The zero-order valence-corrected chi connectivity index (χ0v) is 18.6. The number of rotatable bonds is 6. The second kappa shape index (κ2) is 10.8. The number of halogens is 4. The zero-order valence-electron chi connectivity index (χ0n) is 15.4. The maximum Gasteiger partial charge on any atom is 0.416 e. The summed E-state index contributed by atoms with van der Waals surface area (Å²) in [6.07, 6.45) is -4.32. The maximum absolute atomic E-state index is 12.6. The van der Waals surface area contributed by atoms with Gasteiger partial charge in [0.15, 0.2) is 5.96 Å². The highest BCUT2D eigenvalue weighted by atomic mass is 127. The van der Waals surface area contributed by atoms with Crippen LogP contribution < -0.4 is 10.6 Å². The van der Waals surface area contributed by atoms with Crippen LogP contribution >= 0.6 is 35.3 Å². The van der Waals surface area contributed by atoms with Gasteiger partial charge in [0.2, 0.25) is 0 Å². The van der Waals surface area contributed by atoms with Crippen LogP contribution in [0.3, 0.4) is 0 Å². The molecule has 0 saturated heterocycles. The first kappa shape index (κ1) is 23.7. The molecule has 0 amide bonds. The fraction of sp³-hybridized carbons (Fsp3) is 0.444. The van der Waals surface area contributed by atoms with E-state index >= 15 is 0 Å². The highest BCUT2D eigenvalue weighted by molar-refractivity contribution is 14.0. The van der Waals surface area contributed by atoms with E-state index in [9.17, 15) is 13.2 Å². The molecule has 9 heteroatoms. The van der Waals surface area contributed by atoms with Crippen LogP contribution in [0.5, 0.6) is 0 Å². The Balaban J connectivity index is 0.00000364. The number of hydrogen-bond donors (Lipinski definition) is 2. The van der Waals surface area contributed by atoms with E-state index in [-0.39, 0.29) is 24.0 Å². The number of nitrogens with zero attached hydrogens (tertiary/aromatic N) is 2. The molecule has 1 heterocycles. The van der Waals surface area contributed by atoms with Gasteiger partial charge in [-0.25, -0.2) is 9.98 Å². The van der Waals surface area contributed by atoms with Gasteiger partial charge in [-0.05, 0) is 24.6 Å². The van der Waals surface area contributed by atoms with Crippen molar-refractivity contribution in [1.29, 1.82) is 0 Å². The number of aromatic nitrogens is 1. The second-order valence-electron chi connectivity index (χ2n) is 6.08. The van der Waals surface area contributed by atoms with Crippen LogP contribution in [0, 0.1) is 0 Å². The first-order valence-electron chi connectivity index (χ1n) is 8.42. The molecular formula is C18H24F3IN4S. The molecule has 0 atom stereocenters. The highest BCUT2D eigenvalue weighted by Gasteiger charge is 2.29. The van der Waals surface area contributed by atoms with Crippen molar-refractivity contribution in [3.05, 3.63) is 51.5 Å². The van der Waals surface area contributed by atoms with E-state index in [0.29, 0.717) is 37.1 Å². The van der Waals surface area contributed by atoms with Crippen LogP contribution in [0.15, 0.2) is 34.6 Å². The first-order valence-corrected chi connectivity index (χ1v) is 9.30. The summed E-state index contributed by atoms with van der Waals surface area (Å²) in [7, 11) is 0. The molecule has 1 aromatic heterocycles. The summed E-state index contributed by atoms with van der Waals surface area (Å²) in [5.74, 6) is 1.00. The molecule has 2 N–H and O–H groups in total. The number of benzene rings is 1. The third-order valence-corrected chi connectivity index (χ3v) is 4.74. The smallest absolute Gasteiger partial charge is 0.357 e. The first-order chi connectivity index (χ1) is 12.3. The SMILES string of the molecule is CCNC(=NCc1ccc(C(F)(F)F)cc1)NCc1csc(C(C)C)n1.I. The van der Waals surface area contributed by atoms with E-state index in [2.05, 4.69) is 34.5 Å². The van der Waals surface area contributed by atoms with Crippen molar-refractivity contribution in [2.24, 2.45) is 4.99 Å². The molecule has 0 radical (unpaired) electrons. The van der Waals surface area contributed by atoms with Gasteiger partial charge in [0, 0.05) is 17.8 Å². The van der Waals surface area contributed by atoms with Gasteiger partial charge in [0.1, 0.15) is 0 Å². The minimum Gasteiger partial charge on any atom is -0.357 e. The molecule has 0 bridgehead atoms. The lowest BCUT2D eigenvalue weighted by atomic mass is 10.1. The monoisotopic (exact) mass is 512 g/mol. The number of guanidine groups is 1. The molecule has 0 aliphatic heterocycles. The molecule has 27 heavy (non-hydrogen) atoms. The predicted octanol–water partition coefficient (Wildman–Crippen LogP) is 5.16. The average molecular weight is 512 g/mol. The molecule has 0 fully saturated rings. The molecule has 4 nitrogen and oxygen atoms in total. The number of thiazole rings is 1. The lowest BCUT2D eigenvalue weighted by Gasteiger charge is -2.11. The summed E-state index contributed by atoms with van der Waals surface area (Å²) in [6, 6.07) is 5.05. The van der Waals surface area contributed by atoms with Gasteiger partial charge in [-0.15, -0.1) is 35.3 Å². The van der Waals surface area contributed by atoms with Gasteiger partial charge in [0.05, 0.1) is 29.4 Å². The fourth-order valence-electron chi connectivity index (χ4n) is 2.15. The van der Waals surface area contributed by atoms with Crippen molar-refractivity contribution in [1.82, 2.24) is 15.6 Å². The van der Waals surface area contributed by atoms with Crippen LogP contribution in [0.1, 0.15) is 48.5 Å². The number of hydrogen-bond acceptors (Lipinski definition) is 3. The maximum atomic E-state index is 12.6. The summed E-state index contributed by atoms with van der Waals surface area (Å²) < 4.78 is 37.8. The van der Waals surface area contributed by atoms with Gasteiger partial charge in [-0.2, -0.15) is 13.2 Å². The van der Waals surface area contributed by atoms with Crippen molar-refractivity contribution in [3.63, 3.8) is 0 Å². The Morgan fingerprint density at radius 2 is 1.85 bits per heavy atom. The van der Waals surface area contributed by atoms with Crippen molar-refractivity contribution in [2.45, 2.75) is 46.0 Å². The van der Waals surface area contributed by atoms with E-state index in [0.717, 1.165) is 22.8 Å². The molecule has 0 spiro atoms. The number of alkyl halides is 3. The van der Waals surface area contributed by atoms with Gasteiger partial charge in [-0.1, -0.05) is 26.0 Å². The minimum absolute atomic E-state index is 0. The molecule has 150 valence electrons. The molecule has 2 rings (SSSR count). The normalized spacial score (nSPS) is 12.0. The van der Waals surface area contributed by atoms with E-state index in [1.807, 2.05) is 12.3 Å². The quantitative estimate of drug-likeness (QED) is 0.320. The van der Waals surface area contributed by atoms with E-state index in [4.69, 9.17) is 0 Å². The lowest BCUT2D eigenvalue weighted by molar-refractivity contribution is -0.137. The summed E-state index contributed by atoms with van der Waals surface area (Å²) in [4.78, 5) is 8.98. The van der Waals surface area contributed by atoms with Crippen molar-refractivity contribution in [2.75, 3.05) is 6.54 Å². The Labute approximate surface area is 178 Å². The molecule has 0 aliphatic carbocycles. The average Bonchev–Trinajstić information content (AvgIpc) is 3.06. The van der Waals surface area contributed by atoms with Crippen LogP contribution in [0.2, 0.25) is 0 Å². The van der Waals surface area contributed by atoms with Gasteiger partial charge < -0.3 is 10.6 Å². The predicted molar refractivity (Wildman–Crippen MR) is 115 cm³/mol. The van der Waals surface area contributed by atoms with E-state index in [1.165, 1.54) is 12.1 Å². The lowest BCUT2D eigenvalue weighted by Crippen LogP contribution is -2.36. The van der Waals surface area contributed by atoms with E-state index in [1.54, 1.807) is 11.3 Å². The highest BCUT2D eigenvalue weighted by Crippen LogP contribution is 2.29. The topological polar surface area (TPSA) is 49.3 Å². The van der Waals surface area contributed by atoms with Crippen molar-refractivity contribution >= 4 is 41.3 Å². The third-order valence-electron chi connectivity index (χ3n) is 3.55. The molecule has 1 aromatic carbocycles. The fourth-order valence-corrected chi connectivity index (χ4v) is 2.99. The molecule has 0 saturated carbocycles. The third kappa shape index (κ3) is 7.65. The Bertz CT molecular complexity index is 727. The zero-order chi connectivity index (χ0) is 19.2. The minimum atomic E-state index is -4.32. The Hall–Kier alpha value is -1.36. The van der Waals surface area contributed by atoms with Gasteiger partial charge >= 0.3 is 6.18 Å². The molecule has 0 unspecified atom stereocenters. The standard InChI is InChI=1S/C18H23F3N4S.HI/c1-4-22-17(24-10-15-11-26-16(25-15)12(2)3)23-9-13-5-7-14(8-6-13)18(19,20)21;/h5-8,11-12H,4,9-10H2,1-3H3,(H2,22,23,24);1H. The summed E-state index contributed by atoms with van der Waals surface area (Å²) >= 11 is 1.63. The van der Waals surface area contributed by atoms with Gasteiger partial charge in [0.25, 0.3) is 0 Å². The van der Waals surface area contributed by atoms with Crippen molar-refractivity contribution < 1.29 is 13.2 Å². The summed E-state index contributed by atoms with van der Waals surface area (Å²) in [5, 5.41) is 9.43. The largest absolute Gasteiger partial charge is 0.416 e. The summed E-state index contributed by atoms with van der Waals surface area (Å²) in [5.41, 5.74) is 1.00. The van der Waals surface area contributed by atoms with E-state index < -0.39 is 11.7 Å². The number of nitrogens with one attached hydrogen (secondary N) is 2. The molecular weight excluding hydrogens is 488 g/mol. The molecule has 0 aliphatic rings. The number of aliphatic imine (C=N–C) groups is 1. The molecule has 2 aromatic rings. The van der Waals surface area contributed by atoms with Crippen LogP contribution in [0.4, 0.5) is 13.2 Å². The van der Waals surface area contributed by atoms with Crippen LogP contribution in [-0.4, -0.2) is 17.5 Å². The Morgan fingerprint density at radius 1 is 1.19 bits per heavy atom. The van der Waals surface area contributed by atoms with Gasteiger partial charge in [-0.3, -0.25) is 0 Å². The van der Waals surface area contributed by atoms with Crippen molar-refractivity contribution in [3.8, 4) is 0 Å². The Kier molecular flexibility index (Phi) is 9.51. The summed E-state index contributed by atoms with van der Waals surface area (Å²) in [6.45, 7) is 7.68. The van der Waals surface area contributed by atoms with Crippen LogP contribution in [0.25, 0.3) is 0 Å².